The van der Waals surface area contributed by atoms with Gasteiger partial charge in [0, 0.05) is 0 Å². The van der Waals surface area contributed by atoms with E-state index in [0.717, 1.165) is 12.8 Å². The Morgan fingerprint density at radius 3 is 2.57 bits per heavy atom. The number of aliphatic hydroxyl groups is 3. The third-order valence-electron chi connectivity index (χ3n) is 7.15. The lowest BCUT2D eigenvalue weighted by molar-refractivity contribution is -0.0997. The van der Waals surface area contributed by atoms with Gasteiger partial charge < -0.3 is 15.3 Å². The molecule has 2 aliphatic carbocycles. The van der Waals surface area contributed by atoms with Crippen LogP contribution in [0.3, 0.4) is 0 Å². The highest BCUT2D eigenvalue weighted by Crippen LogP contribution is 2.61. The Morgan fingerprint density at radius 1 is 1.30 bits per heavy atom. The molecule has 0 bridgehead atoms. The first-order chi connectivity index (χ1) is 10.5. The van der Waals surface area contributed by atoms with Crippen LogP contribution in [-0.4, -0.2) is 33.6 Å². The van der Waals surface area contributed by atoms with Gasteiger partial charge in [0.05, 0.1) is 12.2 Å². The van der Waals surface area contributed by atoms with Gasteiger partial charge in [-0.05, 0) is 68.1 Å². The second kappa shape index (κ2) is 6.50. The first kappa shape index (κ1) is 19.0. The van der Waals surface area contributed by atoms with Crippen molar-refractivity contribution in [3.05, 3.63) is 12.2 Å². The Bertz CT molecular complexity index is 440. The Kier molecular flexibility index (Phi) is 5.35. The Hall–Kier alpha value is -0.380. The lowest BCUT2D eigenvalue weighted by Crippen LogP contribution is -2.50. The smallest absolute Gasteiger partial charge is 0.105 e. The first-order valence-corrected chi connectivity index (χ1v) is 9.23. The summed E-state index contributed by atoms with van der Waals surface area (Å²) in [4.78, 5) is 0. The minimum absolute atomic E-state index is 0.247. The van der Waals surface area contributed by atoms with E-state index in [4.69, 9.17) is 5.11 Å². The van der Waals surface area contributed by atoms with E-state index in [9.17, 15) is 10.2 Å². The molecule has 0 aromatic rings. The molecule has 5 unspecified atom stereocenters. The minimum atomic E-state index is -1.23. The van der Waals surface area contributed by atoms with Crippen molar-refractivity contribution >= 4 is 0 Å². The number of hydrogen-bond acceptors (Lipinski definition) is 3. The number of aliphatic hydroxyl groups excluding tert-OH is 2. The summed E-state index contributed by atoms with van der Waals surface area (Å²) in [6.45, 7) is 12.8. The summed E-state index contributed by atoms with van der Waals surface area (Å²) >= 11 is 0. The van der Waals surface area contributed by atoms with E-state index in [1.165, 1.54) is 31.3 Å². The molecule has 3 N–H and O–H groups in total. The normalized spacial score (nSPS) is 37.8. The van der Waals surface area contributed by atoms with Crippen LogP contribution in [0.5, 0.6) is 0 Å². The molecule has 3 nitrogen and oxygen atoms in total. The lowest BCUT2D eigenvalue weighted by atomic mass is 9.47. The summed E-state index contributed by atoms with van der Waals surface area (Å²) in [7, 11) is 0. The van der Waals surface area contributed by atoms with E-state index in [-0.39, 0.29) is 5.41 Å². The maximum Gasteiger partial charge on any atom is 0.105 e. The van der Waals surface area contributed by atoms with E-state index in [1.807, 2.05) is 0 Å². The van der Waals surface area contributed by atoms with Crippen LogP contribution in [0, 0.1) is 22.7 Å². The van der Waals surface area contributed by atoms with Crippen LogP contribution in [-0.2, 0) is 0 Å². The molecule has 0 saturated heterocycles. The van der Waals surface area contributed by atoms with Crippen LogP contribution < -0.4 is 0 Å². The van der Waals surface area contributed by atoms with Crippen molar-refractivity contribution in [3.63, 3.8) is 0 Å². The Balaban J connectivity index is 2.17. The summed E-state index contributed by atoms with van der Waals surface area (Å²) in [5.74, 6) is 1.10. The summed E-state index contributed by atoms with van der Waals surface area (Å²) < 4.78 is 0. The van der Waals surface area contributed by atoms with Crippen molar-refractivity contribution < 1.29 is 15.3 Å². The van der Waals surface area contributed by atoms with Gasteiger partial charge in [0.25, 0.3) is 0 Å². The van der Waals surface area contributed by atoms with Gasteiger partial charge in [-0.2, -0.15) is 0 Å². The molecule has 2 saturated carbocycles. The average Bonchev–Trinajstić information content (AvgIpc) is 2.44. The molecule has 23 heavy (non-hydrogen) atoms. The second-order valence-electron chi connectivity index (χ2n) is 9.24. The molecule has 2 aliphatic rings. The van der Waals surface area contributed by atoms with Crippen molar-refractivity contribution in [2.75, 3.05) is 6.61 Å². The zero-order valence-corrected chi connectivity index (χ0v) is 15.4. The van der Waals surface area contributed by atoms with Gasteiger partial charge in [0.15, 0.2) is 0 Å². The highest BCUT2D eigenvalue weighted by Gasteiger charge is 2.52. The monoisotopic (exact) mass is 324 g/mol. The molecule has 134 valence electrons. The fourth-order valence-electron chi connectivity index (χ4n) is 5.61. The van der Waals surface area contributed by atoms with E-state index in [0.29, 0.717) is 23.7 Å². The van der Waals surface area contributed by atoms with Crippen molar-refractivity contribution in [3.8, 4) is 0 Å². The third kappa shape index (κ3) is 3.52. The van der Waals surface area contributed by atoms with E-state index < -0.39 is 18.3 Å². The zero-order valence-electron chi connectivity index (χ0n) is 15.4. The van der Waals surface area contributed by atoms with Crippen LogP contribution in [0.15, 0.2) is 12.2 Å². The summed E-state index contributed by atoms with van der Waals surface area (Å²) in [6, 6.07) is 0. The average molecular weight is 325 g/mol. The second-order valence-corrected chi connectivity index (χ2v) is 9.24. The van der Waals surface area contributed by atoms with Gasteiger partial charge in [0.2, 0.25) is 0 Å². The highest BCUT2D eigenvalue weighted by atomic mass is 16.4. The fourth-order valence-corrected chi connectivity index (χ4v) is 5.61. The highest BCUT2D eigenvalue weighted by molar-refractivity contribution is 5.16. The quantitative estimate of drug-likeness (QED) is 0.676. The van der Waals surface area contributed by atoms with Gasteiger partial charge in [0.1, 0.15) is 6.10 Å². The molecule has 0 spiro atoms. The van der Waals surface area contributed by atoms with Crippen molar-refractivity contribution in [2.45, 2.75) is 84.3 Å². The molecule has 0 aromatic carbocycles. The minimum Gasteiger partial charge on any atom is -0.394 e. The molecule has 2 fully saturated rings. The fraction of sp³-hybridized carbons (Fsp3) is 0.900. The Morgan fingerprint density at radius 2 is 1.96 bits per heavy atom. The molecule has 0 radical (unpaired) electrons. The molecule has 5 atom stereocenters. The van der Waals surface area contributed by atoms with Crippen LogP contribution in [0.2, 0.25) is 0 Å². The molecule has 0 heterocycles. The SMILES string of the molecule is C=C1CCC2C(C)(C)CCCC2(C)C1CCC(C)(O)C(O)CO. The topological polar surface area (TPSA) is 60.7 Å². The standard InChI is InChI=1S/C20H36O3/c1-14-7-8-16-18(2,3)10-6-11-19(16,4)15(14)9-12-20(5,23)17(22)13-21/h15-17,21-23H,1,6-13H2,2-5H3. The maximum absolute atomic E-state index is 10.4. The van der Waals surface area contributed by atoms with Crippen LogP contribution in [0.4, 0.5) is 0 Å². The predicted molar refractivity (Wildman–Crippen MR) is 94.0 cm³/mol. The van der Waals surface area contributed by atoms with Gasteiger partial charge in [-0.15, -0.1) is 0 Å². The summed E-state index contributed by atoms with van der Waals surface area (Å²) in [5, 5.41) is 29.4. The van der Waals surface area contributed by atoms with E-state index >= 15 is 0 Å². The van der Waals surface area contributed by atoms with Crippen LogP contribution in [0.25, 0.3) is 0 Å². The number of allylic oxidation sites excluding steroid dienone is 1. The van der Waals surface area contributed by atoms with Gasteiger partial charge in [-0.1, -0.05) is 39.3 Å². The maximum atomic E-state index is 10.4. The molecule has 0 aliphatic heterocycles. The zero-order chi connectivity index (χ0) is 17.5. The molecular weight excluding hydrogens is 288 g/mol. The van der Waals surface area contributed by atoms with Gasteiger partial charge >= 0.3 is 0 Å². The van der Waals surface area contributed by atoms with Crippen molar-refractivity contribution in [2.24, 2.45) is 22.7 Å². The Labute approximate surface area is 141 Å². The van der Waals surface area contributed by atoms with Gasteiger partial charge in [-0.25, -0.2) is 0 Å². The summed E-state index contributed by atoms with van der Waals surface area (Å²) in [6.07, 6.45) is 6.37. The first-order valence-electron chi connectivity index (χ1n) is 9.23. The summed E-state index contributed by atoms with van der Waals surface area (Å²) in [5.41, 5.74) is 0.703. The van der Waals surface area contributed by atoms with E-state index in [2.05, 4.69) is 27.4 Å². The van der Waals surface area contributed by atoms with Crippen LogP contribution >= 0.6 is 0 Å². The lowest BCUT2D eigenvalue weighted by Gasteiger charge is -2.58. The number of hydrogen-bond donors (Lipinski definition) is 3. The molecular formula is C20H36O3. The largest absolute Gasteiger partial charge is 0.394 e. The molecule has 2 rings (SSSR count). The predicted octanol–water partition coefficient (Wildman–Crippen LogP) is 3.67. The number of fused-ring (bicyclic) bond motifs is 1. The third-order valence-corrected chi connectivity index (χ3v) is 7.15. The van der Waals surface area contributed by atoms with Crippen molar-refractivity contribution in [1.82, 2.24) is 0 Å². The van der Waals surface area contributed by atoms with Crippen molar-refractivity contribution in [1.29, 1.82) is 0 Å². The molecule has 0 aromatic heterocycles. The van der Waals surface area contributed by atoms with Crippen LogP contribution in [0.1, 0.15) is 72.6 Å². The molecule has 3 heteroatoms. The number of rotatable bonds is 5. The molecule has 0 amide bonds. The van der Waals surface area contributed by atoms with Gasteiger partial charge in [-0.3, -0.25) is 0 Å². The van der Waals surface area contributed by atoms with E-state index in [1.54, 1.807) is 6.92 Å².